The molecule has 96 valence electrons. The van der Waals surface area contributed by atoms with Crippen molar-refractivity contribution in [3.8, 4) is 0 Å². The Hall–Kier alpha value is -2.69. The van der Waals surface area contributed by atoms with E-state index in [0.717, 1.165) is 10.3 Å². The lowest BCUT2D eigenvalue weighted by Crippen LogP contribution is -2.14. The summed E-state index contributed by atoms with van der Waals surface area (Å²) in [5.41, 5.74) is 1.91. The Morgan fingerprint density at radius 3 is 1.89 bits per heavy atom. The fourth-order valence-electron chi connectivity index (χ4n) is 1.87. The van der Waals surface area contributed by atoms with Crippen molar-refractivity contribution < 1.29 is 9.66 Å². The minimum atomic E-state index is -0.465. The van der Waals surface area contributed by atoms with Crippen LogP contribution in [0.25, 0.3) is 0 Å². The predicted octanol–water partition coefficient (Wildman–Crippen LogP) is 2.57. The molecule has 2 aromatic rings. The van der Waals surface area contributed by atoms with Crippen LogP contribution in [-0.4, -0.2) is 22.4 Å². The summed E-state index contributed by atoms with van der Waals surface area (Å²) in [5.74, 6) is 0. The topological polar surface area (TPSA) is 69.2 Å². The molecule has 0 saturated heterocycles. The van der Waals surface area contributed by atoms with E-state index in [1.807, 2.05) is 30.3 Å². The Kier molecular flexibility index (Phi) is 3.56. The number of benzene rings is 2. The van der Waals surface area contributed by atoms with Crippen LogP contribution in [0.1, 0.15) is 11.1 Å². The van der Waals surface area contributed by atoms with Gasteiger partial charge in [0.05, 0.1) is 4.92 Å². The average Bonchev–Trinajstić information content (AvgIpc) is 2.40. The third kappa shape index (κ3) is 2.77. The summed E-state index contributed by atoms with van der Waals surface area (Å²) in [5, 5.41) is 22.3. The highest BCUT2D eigenvalue weighted by Crippen LogP contribution is 2.15. The van der Waals surface area contributed by atoms with Crippen molar-refractivity contribution in [2.24, 2.45) is 0 Å². The largest absolute Gasteiger partial charge is 0.624 e. The van der Waals surface area contributed by atoms with Crippen molar-refractivity contribution in [1.29, 1.82) is 0 Å². The van der Waals surface area contributed by atoms with Crippen LogP contribution in [-0.2, 0) is 0 Å². The zero-order valence-corrected chi connectivity index (χ0v) is 10.3. The van der Waals surface area contributed by atoms with Gasteiger partial charge in [0.1, 0.15) is 7.05 Å². The molecule has 0 aromatic heterocycles. The molecule has 0 bridgehead atoms. The van der Waals surface area contributed by atoms with E-state index >= 15 is 0 Å². The molecule has 0 fully saturated rings. The monoisotopic (exact) mass is 256 g/mol. The van der Waals surface area contributed by atoms with Gasteiger partial charge in [-0.2, -0.15) is 0 Å². The second kappa shape index (κ2) is 5.30. The fraction of sp³-hybridized carbons (Fsp3) is 0.0714. The Morgan fingerprint density at radius 2 is 1.42 bits per heavy atom. The Balaban J connectivity index is 2.48. The number of hydroxylamine groups is 1. The molecule has 0 saturated carbocycles. The Labute approximate surface area is 110 Å². The molecule has 2 aromatic carbocycles. The molecule has 0 unspecified atom stereocenters. The minimum absolute atomic E-state index is 0.00436. The number of nitro groups is 1. The van der Waals surface area contributed by atoms with E-state index in [1.165, 1.54) is 19.2 Å². The lowest BCUT2D eigenvalue weighted by Gasteiger charge is -2.07. The SMILES string of the molecule is C/[N+]([O-])=C(\c1ccccc1)c1ccc([N+](=O)[O-])cc1. The van der Waals surface area contributed by atoms with Crippen molar-refractivity contribution in [2.75, 3.05) is 7.05 Å². The molecule has 0 spiro atoms. The van der Waals surface area contributed by atoms with Crippen molar-refractivity contribution >= 4 is 11.4 Å². The van der Waals surface area contributed by atoms with E-state index in [4.69, 9.17) is 0 Å². The van der Waals surface area contributed by atoms with Gasteiger partial charge in [0.25, 0.3) is 5.69 Å². The molecule has 0 aliphatic carbocycles. The van der Waals surface area contributed by atoms with Crippen molar-refractivity contribution in [2.45, 2.75) is 0 Å². The molecule has 0 radical (unpaired) electrons. The first kappa shape index (κ1) is 12.8. The number of rotatable bonds is 3. The van der Waals surface area contributed by atoms with E-state index in [2.05, 4.69) is 0 Å². The number of nitrogens with zero attached hydrogens (tertiary/aromatic N) is 2. The van der Waals surface area contributed by atoms with Gasteiger partial charge in [0.15, 0.2) is 0 Å². The molecule has 0 aliphatic rings. The highest BCUT2D eigenvalue weighted by atomic mass is 16.6. The van der Waals surface area contributed by atoms with Crippen LogP contribution >= 0.6 is 0 Å². The molecule has 0 aliphatic heterocycles. The maximum Gasteiger partial charge on any atom is 0.269 e. The van der Waals surface area contributed by atoms with Gasteiger partial charge in [0.2, 0.25) is 5.71 Å². The van der Waals surface area contributed by atoms with Crippen LogP contribution in [0.2, 0.25) is 0 Å². The zero-order chi connectivity index (χ0) is 13.8. The van der Waals surface area contributed by atoms with E-state index < -0.39 is 4.92 Å². The predicted molar refractivity (Wildman–Crippen MR) is 72.3 cm³/mol. The normalized spacial score (nSPS) is 11.8. The van der Waals surface area contributed by atoms with Gasteiger partial charge in [-0.25, -0.2) is 4.74 Å². The van der Waals surface area contributed by atoms with Gasteiger partial charge in [-0.3, -0.25) is 10.1 Å². The van der Waals surface area contributed by atoms with E-state index in [0.29, 0.717) is 11.3 Å². The van der Waals surface area contributed by atoms with Crippen molar-refractivity contribution in [1.82, 2.24) is 0 Å². The molecule has 0 atom stereocenters. The molecule has 0 heterocycles. The third-order valence-electron chi connectivity index (χ3n) is 2.71. The van der Waals surface area contributed by atoms with E-state index in [1.54, 1.807) is 12.1 Å². The van der Waals surface area contributed by atoms with Crippen LogP contribution in [0.3, 0.4) is 0 Å². The van der Waals surface area contributed by atoms with Gasteiger partial charge in [-0.1, -0.05) is 18.2 Å². The van der Waals surface area contributed by atoms with Crippen LogP contribution in [0, 0.1) is 15.3 Å². The molecule has 0 amide bonds. The average molecular weight is 256 g/mol. The van der Waals surface area contributed by atoms with Gasteiger partial charge in [0, 0.05) is 23.3 Å². The maximum absolute atomic E-state index is 11.7. The van der Waals surface area contributed by atoms with Gasteiger partial charge in [-0.15, -0.1) is 0 Å². The lowest BCUT2D eigenvalue weighted by atomic mass is 10.0. The number of non-ortho nitro benzene ring substituents is 1. The summed E-state index contributed by atoms with van der Waals surface area (Å²) >= 11 is 0. The van der Waals surface area contributed by atoms with Crippen LogP contribution in [0.4, 0.5) is 5.69 Å². The summed E-state index contributed by atoms with van der Waals surface area (Å²) < 4.78 is 0.760. The first-order valence-electron chi connectivity index (χ1n) is 5.67. The Bertz CT molecular complexity index is 615. The molecule has 5 nitrogen and oxygen atoms in total. The Morgan fingerprint density at radius 1 is 0.895 bits per heavy atom. The number of hydrogen-bond acceptors (Lipinski definition) is 3. The van der Waals surface area contributed by atoms with Gasteiger partial charge in [-0.05, 0) is 24.3 Å². The lowest BCUT2D eigenvalue weighted by molar-refractivity contribution is -0.421. The molecule has 0 N–H and O–H groups in total. The van der Waals surface area contributed by atoms with E-state index in [-0.39, 0.29) is 5.69 Å². The van der Waals surface area contributed by atoms with Crippen LogP contribution in [0.15, 0.2) is 54.6 Å². The highest BCUT2D eigenvalue weighted by molar-refractivity contribution is 6.09. The van der Waals surface area contributed by atoms with Gasteiger partial charge >= 0.3 is 0 Å². The molecule has 5 heteroatoms. The smallest absolute Gasteiger partial charge is 0.269 e. The number of hydrogen-bond donors (Lipinski definition) is 0. The first-order chi connectivity index (χ1) is 9.09. The quantitative estimate of drug-likeness (QED) is 0.278. The van der Waals surface area contributed by atoms with Gasteiger partial charge < -0.3 is 5.21 Å². The second-order valence-corrected chi connectivity index (χ2v) is 4.02. The highest BCUT2D eigenvalue weighted by Gasteiger charge is 2.15. The van der Waals surface area contributed by atoms with Crippen LogP contribution < -0.4 is 0 Å². The summed E-state index contributed by atoms with van der Waals surface area (Å²) in [6.45, 7) is 0. The molecular formula is C14H12N2O3. The first-order valence-corrected chi connectivity index (χ1v) is 5.67. The molecule has 19 heavy (non-hydrogen) atoms. The second-order valence-electron chi connectivity index (χ2n) is 4.02. The minimum Gasteiger partial charge on any atom is -0.624 e. The summed E-state index contributed by atoms with van der Waals surface area (Å²) in [6.07, 6.45) is 0. The summed E-state index contributed by atoms with van der Waals surface area (Å²) in [7, 11) is 1.41. The molecular weight excluding hydrogens is 244 g/mol. The summed E-state index contributed by atoms with van der Waals surface area (Å²) in [4.78, 5) is 10.1. The van der Waals surface area contributed by atoms with E-state index in [9.17, 15) is 15.3 Å². The molecule has 2 rings (SSSR count). The standard InChI is InChI=1S/C14H12N2O3/c1-15(17)14(11-5-3-2-4-6-11)12-7-9-13(10-8-12)16(18)19/h2-10H,1H3/b15-14-. The zero-order valence-electron chi connectivity index (χ0n) is 10.3. The maximum atomic E-state index is 11.7. The van der Waals surface area contributed by atoms with Crippen LogP contribution in [0.5, 0.6) is 0 Å². The van der Waals surface area contributed by atoms with Crippen molar-refractivity contribution in [3.63, 3.8) is 0 Å². The summed E-state index contributed by atoms with van der Waals surface area (Å²) in [6, 6.07) is 15.1. The number of nitro benzene ring substituents is 1. The fourth-order valence-corrected chi connectivity index (χ4v) is 1.87. The van der Waals surface area contributed by atoms with Crippen molar-refractivity contribution in [3.05, 3.63) is 81.0 Å². The third-order valence-corrected chi connectivity index (χ3v) is 2.71.